The lowest BCUT2D eigenvalue weighted by Crippen LogP contribution is -2.56. The number of amides is 3. The fourth-order valence-corrected chi connectivity index (χ4v) is 5.29. The lowest BCUT2D eigenvalue weighted by atomic mass is 9.99. The molecule has 1 heterocycles. The summed E-state index contributed by atoms with van der Waals surface area (Å²) in [6.07, 6.45) is 0.115. The lowest BCUT2D eigenvalue weighted by molar-refractivity contribution is -0.128. The first-order chi connectivity index (χ1) is 19.7. The van der Waals surface area contributed by atoms with Crippen molar-refractivity contribution in [1.82, 2.24) is 20.5 Å². The average molecular weight is 674 g/mol. The summed E-state index contributed by atoms with van der Waals surface area (Å²) in [5, 5.41) is 17.8. The molecule has 0 spiro atoms. The number of aliphatic hydroxyl groups is 1. The maximum absolute atomic E-state index is 13.5. The molecule has 0 aliphatic heterocycles. The summed E-state index contributed by atoms with van der Waals surface area (Å²) in [4.78, 5) is 45.1. The van der Waals surface area contributed by atoms with E-state index in [1.54, 1.807) is 18.2 Å². The number of rotatable bonds is 16. The number of nitrogens with two attached hydrogens (primary N) is 1. The van der Waals surface area contributed by atoms with E-state index in [0.717, 1.165) is 34.9 Å². The zero-order valence-electron chi connectivity index (χ0n) is 23.6. The zero-order chi connectivity index (χ0) is 29.8. The summed E-state index contributed by atoms with van der Waals surface area (Å²) in [5.74, 6) is -1.47. The van der Waals surface area contributed by atoms with Crippen LogP contribution in [0.25, 0.3) is 10.9 Å². The van der Waals surface area contributed by atoms with E-state index in [-0.39, 0.29) is 5.69 Å². The number of para-hydroxylation sites is 1. The average Bonchev–Trinajstić information content (AvgIpc) is 2.96. The number of hydrogen-bond donors (Lipinski definition) is 4. The fourth-order valence-electron chi connectivity index (χ4n) is 4.61. The van der Waals surface area contributed by atoms with Gasteiger partial charge in [0.05, 0.1) is 24.1 Å². The Kier molecular flexibility index (Phi) is 13.0. The van der Waals surface area contributed by atoms with Crippen LogP contribution in [0.1, 0.15) is 42.7 Å². The molecule has 220 valence electrons. The first-order valence-electron chi connectivity index (χ1n) is 14.0. The van der Waals surface area contributed by atoms with E-state index in [1.807, 2.05) is 48.5 Å². The first-order valence-corrected chi connectivity index (χ1v) is 15.5. The maximum atomic E-state index is 13.5. The maximum Gasteiger partial charge on any atom is 0.270 e. The standard InChI is InChI=1S/C31H40IN5O4/c1-3-21(2)19-37(16-15-32)20-28(38)26(17-22-9-5-4-6-10-22)35-31(41)27(18-29(33)39)36-30(40)25-14-13-23-11-7-8-12-24(23)34-25/h4-14,21,26-28,38H,3,15-20H2,1-2H3,(H2,33,39)(H,35,41)(H,36,40)/t21?,26-,27-,28+/m0/s1. The van der Waals surface area contributed by atoms with Crippen LogP contribution in [0.3, 0.4) is 0 Å². The van der Waals surface area contributed by atoms with Crippen molar-refractivity contribution in [2.45, 2.75) is 51.3 Å². The Morgan fingerprint density at radius 3 is 2.39 bits per heavy atom. The number of carbonyl (C=O) groups excluding carboxylic acids is 3. The summed E-state index contributed by atoms with van der Waals surface area (Å²) in [6, 6.07) is 18.4. The van der Waals surface area contributed by atoms with E-state index in [2.05, 4.69) is 57.0 Å². The number of carbonyl (C=O) groups is 3. The highest BCUT2D eigenvalue weighted by Crippen LogP contribution is 2.14. The first kappa shape index (κ1) is 32.4. The summed E-state index contributed by atoms with van der Waals surface area (Å²) < 4.78 is 0.909. The number of halogens is 1. The second-order valence-electron chi connectivity index (χ2n) is 10.4. The SMILES string of the molecule is CCC(C)CN(CCI)C[C@@H](O)[C@H](Cc1ccccc1)NC(=O)[C@H](CC(N)=O)NC(=O)c1ccc2ccccc2n1. The molecular weight excluding hydrogens is 633 g/mol. The van der Waals surface area contributed by atoms with E-state index >= 15 is 0 Å². The van der Waals surface area contributed by atoms with Crippen LogP contribution in [-0.4, -0.2) is 75.0 Å². The van der Waals surface area contributed by atoms with Crippen LogP contribution in [0.15, 0.2) is 66.7 Å². The molecule has 4 atom stereocenters. The lowest BCUT2D eigenvalue weighted by Gasteiger charge is -2.32. The number of nitrogens with one attached hydrogen (secondary N) is 2. The van der Waals surface area contributed by atoms with Gasteiger partial charge in [-0.15, -0.1) is 0 Å². The molecule has 1 unspecified atom stereocenters. The van der Waals surface area contributed by atoms with Crippen molar-refractivity contribution in [2.24, 2.45) is 11.7 Å². The topological polar surface area (TPSA) is 138 Å². The van der Waals surface area contributed by atoms with Gasteiger partial charge in [-0.2, -0.15) is 0 Å². The van der Waals surface area contributed by atoms with Gasteiger partial charge in [0.1, 0.15) is 11.7 Å². The number of fused-ring (bicyclic) bond motifs is 1. The molecule has 2 aromatic carbocycles. The predicted octanol–water partition coefficient (Wildman–Crippen LogP) is 3.08. The Labute approximate surface area is 255 Å². The van der Waals surface area contributed by atoms with Gasteiger partial charge in [-0.25, -0.2) is 4.98 Å². The predicted molar refractivity (Wildman–Crippen MR) is 170 cm³/mol. The third-order valence-corrected chi connectivity index (χ3v) is 7.54. The van der Waals surface area contributed by atoms with Crippen LogP contribution >= 0.6 is 22.6 Å². The van der Waals surface area contributed by atoms with E-state index in [4.69, 9.17) is 5.73 Å². The van der Waals surface area contributed by atoms with Gasteiger partial charge in [0.25, 0.3) is 5.91 Å². The second kappa shape index (κ2) is 16.4. The number of pyridine rings is 1. The van der Waals surface area contributed by atoms with E-state index < -0.39 is 42.3 Å². The van der Waals surface area contributed by atoms with Crippen LogP contribution in [0.2, 0.25) is 0 Å². The summed E-state index contributed by atoms with van der Waals surface area (Å²) in [7, 11) is 0. The molecule has 0 bridgehead atoms. The Balaban J connectivity index is 1.79. The van der Waals surface area contributed by atoms with Crippen LogP contribution in [0, 0.1) is 5.92 Å². The van der Waals surface area contributed by atoms with Crippen LogP contribution < -0.4 is 16.4 Å². The Hall–Kier alpha value is -3.09. The number of aromatic nitrogens is 1. The molecule has 0 saturated heterocycles. The molecule has 0 radical (unpaired) electrons. The minimum absolute atomic E-state index is 0.117. The largest absolute Gasteiger partial charge is 0.390 e. The zero-order valence-corrected chi connectivity index (χ0v) is 25.8. The monoisotopic (exact) mass is 673 g/mol. The number of nitrogens with zero attached hydrogens (tertiary/aromatic N) is 2. The van der Waals surface area contributed by atoms with Crippen molar-refractivity contribution in [3.63, 3.8) is 0 Å². The molecule has 41 heavy (non-hydrogen) atoms. The summed E-state index contributed by atoms with van der Waals surface area (Å²) in [5.41, 5.74) is 7.14. The smallest absolute Gasteiger partial charge is 0.270 e. The van der Waals surface area contributed by atoms with Gasteiger partial charge in [-0.05, 0) is 30.0 Å². The highest BCUT2D eigenvalue weighted by Gasteiger charge is 2.30. The Morgan fingerprint density at radius 2 is 1.71 bits per heavy atom. The molecular formula is C31H40IN5O4. The van der Waals surface area contributed by atoms with Crippen molar-refractivity contribution in [3.05, 3.63) is 78.0 Å². The highest BCUT2D eigenvalue weighted by atomic mass is 127. The molecule has 5 N–H and O–H groups in total. The molecule has 1 aromatic heterocycles. The van der Waals surface area contributed by atoms with Crippen molar-refractivity contribution in [3.8, 4) is 0 Å². The molecule has 0 saturated carbocycles. The summed E-state index contributed by atoms with van der Waals surface area (Å²) in [6.45, 7) is 6.34. The number of primary amides is 1. The van der Waals surface area contributed by atoms with Gasteiger partial charge >= 0.3 is 0 Å². The quantitative estimate of drug-likeness (QED) is 0.136. The third-order valence-electron chi connectivity index (χ3n) is 7.06. The number of alkyl halides is 1. The van der Waals surface area contributed by atoms with E-state index in [9.17, 15) is 19.5 Å². The molecule has 3 rings (SSSR count). The molecule has 3 amide bonds. The van der Waals surface area contributed by atoms with Crippen molar-refractivity contribution < 1.29 is 19.5 Å². The molecule has 0 aliphatic rings. The minimum Gasteiger partial charge on any atom is -0.390 e. The molecule has 0 aliphatic carbocycles. The molecule has 9 nitrogen and oxygen atoms in total. The Morgan fingerprint density at radius 1 is 1.00 bits per heavy atom. The fraction of sp³-hybridized carbons (Fsp3) is 0.419. The van der Waals surface area contributed by atoms with Crippen LogP contribution in [-0.2, 0) is 16.0 Å². The van der Waals surface area contributed by atoms with Gasteiger partial charge in [0.2, 0.25) is 11.8 Å². The number of aliphatic hydroxyl groups excluding tert-OH is 1. The van der Waals surface area contributed by atoms with Gasteiger partial charge < -0.3 is 21.5 Å². The van der Waals surface area contributed by atoms with Gasteiger partial charge in [-0.1, -0.05) is 97.5 Å². The number of hydrogen-bond acceptors (Lipinski definition) is 6. The molecule has 3 aromatic rings. The van der Waals surface area contributed by atoms with Crippen molar-refractivity contribution in [2.75, 3.05) is 24.1 Å². The van der Waals surface area contributed by atoms with Crippen molar-refractivity contribution in [1.29, 1.82) is 0 Å². The number of benzene rings is 2. The molecule has 0 fully saturated rings. The Bertz CT molecular complexity index is 1290. The van der Waals surface area contributed by atoms with Crippen molar-refractivity contribution >= 4 is 51.2 Å². The van der Waals surface area contributed by atoms with E-state index in [0.29, 0.717) is 24.4 Å². The summed E-state index contributed by atoms with van der Waals surface area (Å²) >= 11 is 2.32. The van der Waals surface area contributed by atoms with Crippen LogP contribution in [0.4, 0.5) is 0 Å². The van der Waals surface area contributed by atoms with Gasteiger partial charge in [0.15, 0.2) is 0 Å². The second-order valence-corrected chi connectivity index (χ2v) is 11.5. The molecule has 10 heteroatoms. The van der Waals surface area contributed by atoms with E-state index in [1.165, 1.54) is 0 Å². The minimum atomic E-state index is -1.23. The normalized spacial score (nSPS) is 14.3. The van der Waals surface area contributed by atoms with Gasteiger partial charge in [-0.3, -0.25) is 19.3 Å². The van der Waals surface area contributed by atoms with Gasteiger partial charge in [0, 0.05) is 29.4 Å². The highest BCUT2D eigenvalue weighted by molar-refractivity contribution is 14.1. The third kappa shape index (κ3) is 10.4. The van der Waals surface area contributed by atoms with Crippen LogP contribution in [0.5, 0.6) is 0 Å².